The van der Waals surface area contributed by atoms with Crippen molar-refractivity contribution in [1.29, 1.82) is 0 Å². The summed E-state index contributed by atoms with van der Waals surface area (Å²) in [5.41, 5.74) is 3.24. The van der Waals surface area contributed by atoms with E-state index in [2.05, 4.69) is 31.1 Å². The number of nitrogens with zero attached hydrogens (tertiary/aromatic N) is 3. The summed E-state index contributed by atoms with van der Waals surface area (Å²) in [5.74, 6) is 0.723. The fraction of sp³-hybridized carbons (Fsp3) is 0.250. The number of fused-ring (bicyclic) bond motifs is 1. The minimum atomic E-state index is -3.54. The molecule has 7 nitrogen and oxygen atoms in total. The molecule has 2 N–H and O–H groups in total. The number of halogens is 1. The van der Waals surface area contributed by atoms with Crippen LogP contribution in [0.3, 0.4) is 0 Å². The summed E-state index contributed by atoms with van der Waals surface area (Å²) in [6.07, 6.45) is 6.84. The summed E-state index contributed by atoms with van der Waals surface area (Å²) >= 11 is 3.52. The lowest BCUT2D eigenvalue weighted by Gasteiger charge is -2.22. The van der Waals surface area contributed by atoms with Crippen LogP contribution in [0.4, 0.5) is 11.5 Å². The molecule has 5 rings (SSSR count). The summed E-state index contributed by atoms with van der Waals surface area (Å²) in [7, 11) is -3.54. The lowest BCUT2D eigenvalue weighted by Crippen LogP contribution is -2.36. The van der Waals surface area contributed by atoms with Gasteiger partial charge < -0.3 is 5.32 Å². The van der Waals surface area contributed by atoms with Crippen molar-refractivity contribution in [3.05, 3.63) is 71.3 Å². The van der Waals surface area contributed by atoms with Crippen LogP contribution < -0.4 is 10.0 Å². The Morgan fingerprint density at radius 3 is 2.42 bits per heavy atom. The van der Waals surface area contributed by atoms with Crippen molar-refractivity contribution < 1.29 is 8.42 Å². The minimum absolute atomic E-state index is 0.0290. The molecule has 2 heterocycles. The maximum Gasteiger partial charge on any atom is 0.240 e. The lowest BCUT2D eigenvalue weighted by molar-refractivity contribution is 0.412. The molecule has 0 aliphatic heterocycles. The van der Waals surface area contributed by atoms with Gasteiger partial charge in [0.25, 0.3) is 0 Å². The molecule has 0 spiro atoms. The smallest absolute Gasteiger partial charge is 0.240 e. The van der Waals surface area contributed by atoms with E-state index >= 15 is 0 Å². The van der Waals surface area contributed by atoms with Gasteiger partial charge in [0.2, 0.25) is 10.0 Å². The number of sulfonamides is 1. The second-order valence-corrected chi connectivity index (χ2v) is 10.8. The summed E-state index contributed by atoms with van der Waals surface area (Å²) < 4.78 is 30.9. The summed E-state index contributed by atoms with van der Waals surface area (Å²) in [6, 6.07) is 18.7. The molecule has 1 aliphatic rings. The second kappa shape index (κ2) is 9.24. The molecular weight excluding hydrogens is 502 g/mol. The quantitative estimate of drug-likeness (QED) is 0.346. The standard InChI is InChI=1S/C24H24BrN5O2S/c25-21-16-26-30-23(15-22(28-24(21)30)17-7-3-1-4-8-17)27-18-11-13-20(14-12-18)33(31,32)29-19-9-5-2-6-10-19/h1,3-4,7-8,11-16,19,27,29H,2,5-6,9-10H2. The fourth-order valence-electron chi connectivity index (χ4n) is 4.16. The van der Waals surface area contributed by atoms with Crippen LogP contribution in [0.15, 0.2) is 76.2 Å². The first-order valence-electron chi connectivity index (χ1n) is 11.0. The highest BCUT2D eigenvalue weighted by atomic mass is 79.9. The molecule has 1 aliphatic carbocycles. The van der Waals surface area contributed by atoms with E-state index in [4.69, 9.17) is 4.98 Å². The Kier molecular flexibility index (Phi) is 6.18. The van der Waals surface area contributed by atoms with Crippen LogP contribution in [0.5, 0.6) is 0 Å². The Morgan fingerprint density at radius 2 is 1.70 bits per heavy atom. The number of rotatable bonds is 6. The van der Waals surface area contributed by atoms with Crippen LogP contribution in [0, 0.1) is 0 Å². The molecule has 4 aromatic rings. The van der Waals surface area contributed by atoms with Crippen molar-refractivity contribution in [2.24, 2.45) is 0 Å². The van der Waals surface area contributed by atoms with Gasteiger partial charge in [-0.25, -0.2) is 18.1 Å². The van der Waals surface area contributed by atoms with Gasteiger partial charge in [-0.3, -0.25) is 0 Å². The first-order chi connectivity index (χ1) is 16.0. The first-order valence-corrected chi connectivity index (χ1v) is 13.3. The Balaban J connectivity index is 1.42. The highest BCUT2D eigenvalue weighted by molar-refractivity contribution is 9.10. The first kappa shape index (κ1) is 22.1. The fourth-order valence-corrected chi connectivity index (χ4v) is 5.81. The van der Waals surface area contributed by atoms with Crippen molar-refractivity contribution in [3.63, 3.8) is 0 Å². The Morgan fingerprint density at radius 1 is 0.970 bits per heavy atom. The third kappa shape index (κ3) is 4.80. The lowest BCUT2D eigenvalue weighted by atomic mass is 9.96. The predicted octanol–water partition coefficient (Wildman–Crippen LogP) is 5.51. The Hall–Kier alpha value is -2.75. The molecule has 170 valence electrons. The van der Waals surface area contributed by atoms with Gasteiger partial charge >= 0.3 is 0 Å². The molecule has 9 heteroatoms. The third-order valence-electron chi connectivity index (χ3n) is 5.86. The average molecular weight is 526 g/mol. The molecule has 1 fully saturated rings. The van der Waals surface area contributed by atoms with Gasteiger partial charge in [-0.05, 0) is 53.0 Å². The number of benzene rings is 2. The summed E-state index contributed by atoms with van der Waals surface area (Å²) in [5, 5.41) is 7.76. The van der Waals surface area contributed by atoms with Crippen LogP contribution in [-0.4, -0.2) is 29.1 Å². The molecular formula is C24H24BrN5O2S. The van der Waals surface area contributed by atoms with E-state index in [9.17, 15) is 8.42 Å². The molecule has 0 amide bonds. The van der Waals surface area contributed by atoms with Crippen molar-refractivity contribution in [3.8, 4) is 11.3 Å². The van der Waals surface area contributed by atoms with E-state index in [-0.39, 0.29) is 10.9 Å². The van der Waals surface area contributed by atoms with Crippen LogP contribution in [0.25, 0.3) is 16.9 Å². The third-order valence-corrected chi connectivity index (χ3v) is 7.96. The van der Waals surface area contributed by atoms with Gasteiger partial charge in [0.15, 0.2) is 5.65 Å². The topological polar surface area (TPSA) is 88.4 Å². The van der Waals surface area contributed by atoms with E-state index in [1.54, 1.807) is 35.0 Å². The molecule has 0 atom stereocenters. The van der Waals surface area contributed by atoms with Gasteiger partial charge in [0, 0.05) is 23.4 Å². The van der Waals surface area contributed by atoms with Crippen LogP contribution in [-0.2, 0) is 10.0 Å². The minimum Gasteiger partial charge on any atom is -0.340 e. The number of anilines is 2. The summed E-state index contributed by atoms with van der Waals surface area (Å²) in [4.78, 5) is 5.00. The van der Waals surface area contributed by atoms with E-state index in [1.807, 2.05) is 36.4 Å². The number of hydrogen-bond acceptors (Lipinski definition) is 5. The number of aromatic nitrogens is 3. The van der Waals surface area contributed by atoms with Gasteiger partial charge in [0.05, 0.1) is 21.3 Å². The molecule has 2 aromatic carbocycles. The maximum atomic E-state index is 12.8. The number of hydrogen-bond donors (Lipinski definition) is 2. The van der Waals surface area contributed by atoms with Crippen molar-refractivity contribution >= 4 is 43.1 Å². The Bertz CT molecular complexity index is 1370. The maximum absolute atomic E-state index is 12.8. The molecule has 0 radical (unpaired) electrons. The molecule has 1 saturated carbocycles. The highest BCUT2D eigenvalue weighted by Gasteiger charge is 2.22. The van der Waals surface area contributed by atoms with Crippen LogP contribution in [0.2, 0.25) is 0 Å². The normalized spacial score (nSPS) is 15.1. The zero-order valence-corrected chi connectivity index (χ0v) is 20.3. The van der Waals surface area contributed by atoms with Crippen molar-refractivity contribution in [2.45, 2.75) is 43.0 Å². The largest absolute Gasteiger partial charge is 0.340 e. The second-order valence-electron chi connectivity index (χ2n) is 8.23. The summed E-state index contributed by atoms with van der Waals surface area (Å²) in [6.45, 7) is 0. The zero-order valence-electron chi connectivity index (χ0n) is 17.9. The van der Waals surface area contributed by atoms with Crippen molar-refractivity contribution in [2.75, 3.05) is 5.32 Å². The predicted molar refractivity (Wildman–Crippen MR) is 133 cm³/mol. The van der Waals surface area contributed by atoms with E-state index in [1.165, 1.54) is 6.42 Å². The average Bonchev–Trinajstić information content (AvgIpc) is 3.21. The molecule has 2 aromatic heterocycles. The molecule has 33 heavy (non-hydrogen) atoms. The van der Waals surface area contributed by atoms with Gasteiger partial charge in [-0.1, -0.05) is 49.6 Å². The van der Waals surface area contributed by atoms with Gasteiger partial charge in [-0.2, -0.15) is 9.61 Å². The molecule has 0 unspecified atom stereocenters. The monoisotopic (exact) mass is 525 g/mol. The SMILES string of the molecule is O=S(=O)(NC1CCCCC1)c1ccc(Nc2cc(-c3ccccc3)nc3c(Br)cnn23)cc1. The van der Waals surface area contributed by atoms with Crippen LogP contribution in [0.1, 0.15) is 32.1 Å². The van der Waals surface area contributed by atoms with E-state index in [0.717, 1.165) is 52.9 Å². The van der Waals surface area contributed by atoms with E-state index in [0.29, 0.717) is 5.65 Å². The molecule has 0 saturated heterocycles. The Labute approximate surface area is 201 Å². The highest BCUT2D eigenvalue weighted by Crippen LogP contribution is 2.28. The van der Waals surface area contributed by atoms with Gasteiger partial charge in [0.1, 0.15) is 5.82 Å². The number of nitrogens with one attached hydrogen (secondary N) is 2. The van der Waals surface area contributed by atoms with Crippen molar-refractivity contribution in [1.82, 2.24) is 19.3 Å². The van der Waals surface area contributed by atoms with Crippen LogP contribution >= 0.6 is 15.9 Å². The van der Waals surface area contributed by atoms with Gasteiger partial charge in [-0.15, -0.1) is 0 Å². The van der Waals surface area contributed by atoms with E-state index < -0.39 is 10.0 Å². The molecule has 0 bridgehead atoms. The zero-order chi connectivity index (χ0) is 22.8.